The van der Waals surface area contributed by atoms with Crippen molar-refractivity contribution >= 4 is 15.9 Å². The Balaban J connectivity index is 1.76. The molecule has 0 aromatic rings. The van der Waals surface area contributed by atoms with E-state index in [1.807, 2.05) is 0 Å². The van der Waals surface area contributed by atoms with Crippen molar-refractivity contribution in [3.8, 4) is 0 Å². The van der Waals surface area contributed by atoms with E-state index < -0.39 is 0 Å². The lowest BCUT2D eigenvalue weighted by molar-refractivity contribution is 0.182. The van der Waals surface area contributed by atoms with Crippen molar-refractivity contribution in [2.75, 3.05) is 38.6 Å². The van der Waals surface area contributed by atoms with Gasteiger partial charge in [0, 0.05) is 24.5 Å². The third-order valence-corrected chi connectivity index (χ3v) is 5.46. The quantitative estimate of drug-likeness (QED) is 0.693. The van der Waals surface area contributed by atoms with Gasteiger partial charge in [0.2, 0.25) is 0 Å². The summed E-state index contributed by atoms with van der Waals surface area (Å²) in [5.41, 5.74) is 0.629. The minimum atomic E-state index is 0.629. The summed E-state index contributed by atoms with van der Waals surface area (Å²) >= 11 is 3.66. The SMILES string of the molecule is CCN1CCCC1CN(C)CC1(CBr)CC1. The highest BCUT2D eigenvalue weighted by atomic mass is 79.9. The Labute approximate surface area is 108 Å². The summed E-state index contributed by atoms with van der Waals surface area (Å²) in [6.07, 6.45) is 5.64. The number of rotatable bonds is 6. The molecule has 0 aromatic heterocycles. The summed E-state index contributed by atoms with van der Waals surface area (Å²) in [6.45, 7) is 7.38. The van der Waals surface area contributed by atoms with Crippen molar-refractivity contribution < 1.29 is 0 Å². The summed E-state index contributed by atoms with van der Waals surface area (Å²) < 4.78 is 0. The molecule has 2 rings (SSSR count). The van der Waals surface area contributed by atoms with Crippen LogP contribution in [0.1, 0.15) is 32.6 Å². The molecular weight excluding hydrogens is 264 g/mol. The molecule has 1 aliphatic heterocycles. The summed E-state index contributed by atoms with van der Waals surface area (Å²) in [6, 6.07) is 0.820. The molecule has 1 saturated carbocycles. The Hall–Kier alpha value is 0.400. The van der Waals surface area contributed by atoms with Gasteiger partial charge in [-0.3, -0.25) is 4.90 Å². The van der Waals surface area contributed by atoms with E-state index in [0.29, 0.717) is 5.41 Å². The summed E-state index contributed by atoms with van der Waals surface area (Å²) in [5.74, 6) is 0. The fourth-order valence-electron chi connectivity index (χ4n) is 3.03. The van der Waals surface area contributed by atoms with Crippen LogP contribution >= 0.6 is 15.9 Å². The molecule has 0 bridgehead atoms. The fraction of sp³-hybridized carbons (Fsp3) is 1.00. The van der Waals surface area contributed by atoms with Gasteiger partial charge in [0.1, 0.15) is 0 Å². The van der Waals surface area contributed by atoms with Gasteiger partial charge in [-0.15, -0.1) is 0 Å². The molecule has 94 valence electrons. The van der Waals surface area contributed by atoms with Crippen LogP contribution in [-0.4, -0.2) is 54.4 Å². The minimum Gasteiger partial charge on any atom is -0.304 e. The summed E-state index contributed by atoms with van der Waals surface area (Å²) in [4.78, 5) is 5.21. The molecule has 2 aliphatic rings. The molecule has 1 heterocycles. The van der Waals surface area contributed by atoms with Crippen LogP contribution in [0.4, 0.5) is 0 Å². The standard InChI is InChI=1S/C13H25BrN2/c1-3-16-8-4-5-12(16)9-15(2)11-13(10-14)6-7-13/h12H,3-11H2,1-2H3. The third kappa shape index (κ3) is 2.99. The Morgan fingerprint density at radius 1 is 1.44 bits per heavy atom. The van der Waals surface area contributed by atoms with Crippen molar-refractivity contribution in [1.29, 1.82) is 0 Å². The van der Waals surface area contributed by atoms with E-state index in [2.05, 4.69) is 39.7 Å². The maximum atomic E-state index is 3.66. The molecule has 1 saturated heterocycles. The second-order valence-corrected chi connectivity index (χ2v) is 6.32. The maximum Gasteiger partial charge on any atom is 0.0223 e. The van der Waals surface area contributed by atoms with Crippen LogP contribution < -0.4 is 0 Å². The Kier molecular flexibility index (Phi) is 4.31. The summed E-state index contributed by atoms with van der Waals surface area (Å²) in [5, 5.41) is 1.19. The minimum absolute atomic E-state index is 0.629. The van der Waals surface area contributed by atoms with E-state index in [9.17, 15) is 0 Å². The average molecular weight is 289 g/mol. The second kappa shape index (κ2) is 5.36. The molecular formula is C13H25BrN2. The van der Waals surface area contributed by atoms with Crippen molar-refractivity contribution in [1.82, 2.24) is 9.80 Å². The zero-order valence-corrected chi connectivity index (χ0v) is 12.3. The highest BCUT2D eigenvalue weighted by Crippen LogP contribution is 2.47. The molecule has 1 unspecified atom stereocenters. The smallest absolute Gasteiger partial charge is 0.0223 e. The van der Waals surface area contributed by atoms with Gasteiger partial charge in [0.25, 0.3) is 0 Å². The Bertz CT molecular complexity index is 228. The van der Waals surface area contributed by atoms with Gasteiger partial charge in [-0.1, -0.05) is 22.9 Å². The fourth-order valence-corrected chi connectivity index (χ4v) is 3.76. The highest BCUT2D eigenvalue weighted by molar-refractivity contribution is 9.09. The van der Waals surface area contributed by atoms with Crippen molar-refractivity contribution in [3.05, 3.63) is 0 Å². The molecule has 0 aromatic carbocycles. The van der Waals surface area contributed by atoms with Crippen LogP contribution in [0.25, 0.3) is 0 Å². The van der Waals surface area contributed by atoms with Gasteiger partial charge in [0.15, 0.2) is 0 Å². The number of nitrogens with zero attached hydrogens (tertiary/aromatic N) is 2. The lowest BCUT2D eigenvalue weighted by Crippen LogP contribution is -2.40. The molecule has 0 spiro atoms. The van der Waals surface area contributed by atoms with Gasteiger partial charge < -0.3 is 4.90 Å². The van der Waals surface area contributed by atoms with E-state index in [-0.39, 0.29) is 0 Å². The van der Waals surface area contributed by atoms with Gasteiger partial charge in [0.05, 0.1) is 0 Å². The largest absolute Gasteiger partial charge is 0.304 e. The van der Waals surface area contributed by atoms with Crippen molar-refractivity contribution in [3.63, 3.8) is 0 Å². The molecule has 1 atom stereocenters. The summed E-state index contributed by atoms with van der Waals surface area (Å²) in [7, 11) is 2.30. The highest BCUT2D eigenvalue weighted by Gasteiger charge is 2.42. The molecule has 2 nitrogen and oxygen atoms in total. The Morgan fingerprint density at radius 2 is 2.19 bits per heavy atom. The Morgan fingerprint density at radius 3 is 2.75 bits per heavy atom. The molecule has 3 heteroatoms. The molecule has 1 aliphatic carbocycles. The van der Waals surface area contributed by atoms with Crippen LogP contribution in [0.5, 0.6) is 0 Å². The first-order valence-corrected chi connectivity index (χ1v) is 7.80. The predicted molar refractivity (Wildman–Crippen MR) is 73.2 cm³/mol. The molecule has 0 amide bonds. The number of halogens is 1. The normalized spacial score (nSPS) is 28.9. The van der Waals surface area contributed by atoms with Crippen molar-refractivity contribution in [2.24, 2.45) is 5.41 Å². The lowest BCUT2D eigenvalue weighted by Gasteiger charge is -2.29. The van der Waals surface area contributed by atoms with Gasteiger partial charge >= 0.3 is 0 Å². The first-order valence-electron chi connectivity index (χ1n) is 6.68. The molecule has 16 heavy (non-hydrogen) atoms. The maximum absolute atomic E-state index is 3.66. The molecule has 0 N–H and O–H groups in total. The average Bonchev–Trinajstić information content (AvgIpc) is 2.89. The van der Waals surface area contributed by atoms with E-state index in [1.54, 1.807) is 0 Å². The van der Waals surface area contributed by atoms with E-state index >= 15 is 0 Å². The van der Waals surface area contributed by atoms with E-state index in [1.165, 1.54) is 57.2 Å². The lowest BCUT2D eigenvalue weighted by atomic mass is 10.1. The van der Waals surface area contributed by atoms with Crippen LogP contribution in [0.2, 0.25) is 0 Å². The van der Waals surface area contributed by atoms with Crippen molar-refractivity contribution in [2.45, 2.75) is 38.6 Å². The molecule has 0 radical (unpaired) electrons. The number of alkyl halides is 1. The number of hydrogen-bond acceptors (Lipinski definition) is 2. The topological polar surface area (TPSA) is 6.48 Å². The van der Waals surface area contributed by atoms with E-state index in [4.69, 9.17) is 0 Å². The van der Waals surface area contributed by atoms with Gasteiger partial charge in [-0.2, -0.15) is 0 Å². The van der Waals surface area contributed by atoms with Crippen LogP contribution in [0.3, 0.4) is 0 Å². The number of likely N-dealkylation sites (N-methyl/N-ethyl adjacent to an activating group) is 2. The first-order chi connectivity index (χ1) is 7.69. The zero-order chi connectivity index (χ0) is 11.6. The van der Waals surface area contributed by atoms with Crippen LogP contribution in [0, 0.1) is 5.41 Å². The van der Waals surface area contributed by atoms with Crippen LogP contribution in [0.15, 0.2) is 0 Å². The van der Waals surface area contributed by atoms with Gasteiger partial charge in [-0.05, 0) is 51.2 Å². The second-order valence-electron chi connectivity index (χ2n) is 5.76. The monoisotopic (exact) mass is 288 g/mol. The molecule has 2 fully saturated rings. The zero-order valence-electron chi connectivity index (χ0n) is 10.7. The van der Waals surface area contributed by atoms with Crippen LogP contribution in [-0.2, 0) is 0 Å². The third-order valence-electron chi connectivity index (χ3n) is 4.27. The number of hydrogen-bond donors (Lipinski definition) is 0. The van der Waals surface area contributed by atoms with Gasteiger partial charge in [-0.25, -0.2) is 0 Å². The predicted octanol–water partition coefficient (Wildman–Crippen LogP) is 2.58. The number of likely N-dealkylation sites (tertiary alicyclic amines) is 1. The van der Waals surface area contributed by atoms with E-state index in [0.717, 1.165) is 6.04 Å². The first kappa shape index (κ1) is 12.8.